The van der Waals surface area contributed by atoms with E-state index in [4.69, 9.17) is 4.74 Å². The molecule has 1 aliphatic carbocycles. The molecule has 0 saturated heterocycles. The van der Waals surface area contributed by atoms with Gasteiger partial charge in [-0.3, -0.25) is 4.98 Å². The van der Waals surface area contributed by atoms with Gasteiger partial charge in [0.2, 0.25) is 0 Å². The molecule has 4 heteroatoms. The third-order valence-electron chi connectivity index (χ3n) is 3.23. The van der Waals surface area contributed by atoms with Crippen molar-refractivity contribution in [3.8, 4) is 0 Å². The molecule has 1 N–H and O–H groups in total. The Kier molecular flexibility index (Phi) is 4.74. The van der Waals surface area contributed by atoms with Gasteiger partial charge in [-0.15, -0.1) is 0 Å². The standard InChI is InChI=1S/C13H21N3O/c1-14-13-9-15-11(8-16-13)10-17-12-6-4-2-3-5-7-12/h8-9,12H,2-7,10H2,1H3,(H,14,16). The van der Waals surface area contributed by atoms with E-state index < -0.39 is 0 Å². The van der Waals surface area contributed by atoms with Crippen molar-refractivity contribution in [2.75, 3.05) is 12.4 Å². The van der Waals surface area contributed by atoms with Crippen LogP contribution in [0, 0.1) is 0 Å². The Bertz CT molecular complexity index is 318. The molecule has 0 amide bonds. The quantitative estimate of drug-likeness (QED) is 0.815. The summed E-state index contributed by atoms with van der Waals surface area (Å²) >= 11 is 0. The molecule has 0 spiro atoms. The van der Waals surface area contributed by atoms with Gasteiger partial charge in [-0.2, -0.15) is 0 Å². The molecule has 0 aliphatic heterocycles. The first-order valence-electron chi connectivity index (χ1n) is 6.49. The Labute approximate surface area is 103 Å². The summed E-state index contributed by atoms with van der Waals surface area (Å²) in [4.78, 5) is 8.53. The Morgan fingerprint density at radius 2 is 1.94 bits per heavy atom. The lowest BCUT2D eigenvalue weighted by Gasteiger charge is -2.14. The van der Waals surface area contributed by atoms with Crippen molar-refractivity contribution in [3.63, 3.8) is 0 Å². The molecule has 1 aromatic rings. The topological polar surface area (TPSA) is 47.0 Å². The van der Waals surface area contributed by atoms with E-state index in [0.29, 0.717) is 12.7 Å². The smallest absolute Gasteiger partial charge is 0.144 e. The molecular formula is C13H21N3O. The van der Waals surface area contributed by atoms with E-state index in [1.54, 1.807) is 12.4 Å². The fraction of sp³-hybridized carbons (Fsp3) is 0.692. The van der Waals surface area contributed by atoms with E-state index in [2.05, 4.69) is 15.3 Å². The zero-order chi connectivity index (χ0) is 11.9. The Morgan fingerprint density at radius 3 is 2.53 bits per heavy atom. The van der Waals surface area contributed by atoms with Crippen LogP contribution in [0.3, 0.4) is 0 Å². The van der Waals surface area contributed by atoms with Gasteiger partial charge in [0.1, 0.15) is 5.82 Å². The van der Waals surface area contributed by atoms with Gasteiger partial charge in [-0.05, 0) is 12.8 Å². The molecule has 1 saturated carbocycles. The second kappa shape index (κ2) is 6.55. The highest BCUT2D eigenvalue weighted by Crippen LogP contribution is 2.20. The summed E-state index contributed by atoms with van der Waals surface area (Å²) in [7, 11) is 1.84. The van der Waals surface area contributed by atoms with Crippen molar-refractivity contribution in [2.45, 2.75) is 51.2 Å². The summed E-state index contributed by atoms with van der Waals surface area (Å²) in [6, 6.07) is 0. The summed E-state index contributed by atoms with van der Waals surface area (Å²) < 4.78 is 5.90. The Morgan fingerprint density at radius 1 is 1.18 bits per heavy atom. The predicted molar refractivity (Wildman–Crippen MR) is 67.9 cm³/mol. The van der Waals surface area contributed by atoms with Crippen molar-refractivity contribution in [1.82, 2.24) is 9.97 Å². The number of nitrogens with zero attached hydrogens (tertiary/aromatic N) is 2. The second-order valence-electron chi connectivity index (χ2n) is 4.57. The van der Waals surface area contributed by atoms with Gasteiger partial charge in [0, 0.05) is 7.05 Å². The first kappa shape index (κ1) is 12.3. The average molecular weight is 235 g/mol. The molecule has 0 atom stereocenters. The van der Waals surface area contributed by atoms with E-state index in [1.807, 2.05) is 7.05 Å². The Hall–Kier alpha value is -1.16. The molecule has 1 aromatic heterocycles. The number of rotatable bonds is 4. The van der Waals surface area contributed by atoms with Crippen LogP contribution in [0.15, 0.2) is 12.4 Å². The molecule has 0 aromatic carbocycles. The number of hydrogen-bond acceptors (Lipinski definition) is 4. The number of nitrogens with one attached hydrogen (secondary N) is 1. The molecule has 4 nitrogen and oxygen atoms in total. The van der Waals surface area contributed by atoms with Crippen LogP contribution in [0.1, 0.15) is 44.2 Å². The monoisotopic (exact) mass is 235 g/mol. The van der Waals surface area contributed by atoms with Crippen LogP contribution in [0.4, 0.5) is 5.82 Å². The zero-order valence-electron chi connectivity index (χ0n) is 10.5. The summed E-state index contributed by atoms with van der Waals surface area (Å²) in [6.45, 7) is 0.585. The first-order chi connectivity index (χ1) is 8.38. The van der Waals surface area contributed by atoms with Gasteiger partial charge in [0.15, 0.2) is 0 Å². The van der Waals surface area contributed by atoms with E-state index in [0.717, 1.165) is 11.5 Å². The lowest BCUT2D eigenvalue weighted by molar-refractivity contribution is 0.0291. The van der Waals surface area contributed by atoms with Gasteiger partial charge in [-0.1, -0.05) is 25.7 Å². The van der Waals surface area contributed by atoms with Crippen LogP contribution in [-0.2, 0) is 11.3 Å². The largest absolute Gasteiger partial charge is 0.372 e. The Balaban J connectivity index is 1.79. The molecule has 0 unspecified atom stereocenters. The number of ether oxygens (including phenoxy) is 1. The van der Waals surface area contributed by atoms with Crippen LogP contribution in [0.2, 0.25) is 0 Å². The van der Waals surface area contributed by atoms with Gasteiger partial charge in [-0.25, -0.2) is 4.98 Å². The van der Waals surface area contributed by atoms with Gasteiger partial charge < -0.3 is 10.1 Å². The second-order valence-corrected chi connectivity index (χ2v) is 4.57. The molecule has 17 heavy (non-hydrogen) atoms. The van der Waals surface area contributed by atoms with Crippen LogP contribution in [-0.4, -0.2) is 23.1 Å². The zero-order valence-corrected chi connectivity index (χ0v) is 10.5. The van der Waals surface area contributed by atoms with Gasteiger partial charge >= 0.3 is 0 Å². The van der Waals surface area contributed by atoms with E-state index in [-0.39, 0.29) is 0 Å². The molecule has 94 valence electrons. The summed E-state index contributed by atoms with van der Waals surface area (Å²) in [6.07, 6.45) is 11.7. The maximum atomic E-state index is 5.90. The molecular weight excluding hydrogens is 214 g/mol. The van der Waals surface area contributed by atoms with Crippen molar-refractivity contribution in [2.24, 2.45) is 0 Å². The van der Waals surface area contributed by atoms with E-state index in [1.165, 1.54) is 38.5 Å². The third kappa shape index (κ3) is 3.97. The molecule has 1 fully saturated rings. The minimum atomic E-state index is 0.420. The molecule has 2 rings (SSSR count). The fourth-order valence-corrected chi connectivity index (χ4v) is 2.17. The maximum absolute atomic E-state index is 5.90. The van der Waals surface area contributed by atoms with Crippen LogP contribution in [0.5, 0.6) is 0 Å². The van der Waals surface area contributed by atoms with E-state index in [9.17, 15) is 0 Å². The summed E-state index contributed by atoms with van der Waals surface area (Å²) in [5.41, 5.74) is 0.910. The molecule has 1 heterocycles. The lowest BCUT2D eigenvalue weighted by atomic mass is 10.1. The summed E-state index contributed by atoms with van der Waals surface area (Å²) in [5.74, 6) is 0.795. The van der Waals surface area contributed by atoms with E-state index >= 15 is 0 Å². The van der Waals surface area contributed by atoms with Crippen molar-refractivity contribution < 1.29 is 4.74 Å². The van der Waals surface area contributed by atoms with Gasteiger partial charge in [0.05, 0.1) is 30.8 Å². The molecule has 0 bridgehead atoms. The fourth-order valence-electron chi connectivity index (χ4n) is 2.17. The van der Waals surface area contributed by atoms with Crippen molar-refractivity contribution in [3.05, 3.63) is 18.1 Å². The van der Waals surface area contributed by atoms with Gasteiger partial charge in [0.25, 0.3) is 0 Å². The van der Waals surface area contributed by atoms with Crippen LogP contribution < -0.4 is 5.32 Å². The van der Waals surface area contributed by atoms with Crippen LogP contribution >= 0.6 is 0 Å². The molecule has 1 aliphatic rings. The highest BCUT2D eigenvalue weighted by atomic mass is 16.5. The summed E-state index contributed by atoms with van der Waals surface area (Å²) in [5, 5.41) is 2.95. The van der Waals surface area contributed by atoms with Crippen molar-refractivity contribution in [1.29, 1.82) is 0 Å². The predicted octanol–water partition coefficient (Wildman–Crippen LogP) is 2.76. The van der Waals surface area contributed by atoms with Crippen molar-refractivity contribution >= 4 is 5.82 Å². The minimum absolute atomic E-state index is 0.420. The third-order valence-corrected chi connectivity index (χ3v) is 3.23. The minimum Gasteiger partial charge on any atom is -0.372 e. The number of aromatic nitrogens is 2. The number of hydrogen-bond donors (Lipinski definition) is 1. The SMILES string of the molecule is CNc1cnc(COC2CCCCCC2)cn1. The maximum Gasteiger partial charge on any atom is 0.144 e. The molecule has 0 radical (unpaired) electrons. The highest BCUT2D eigenvalue weighted by Gasteiger charge is 2.12. The average Bonchev–Trinajstić information content (AvgIpc) is 2.65. The first-order valence-corrected chi connectivity index (χ1v) is 6.49. The van der Waals surface area contributed by atoms with Crippen LogP contribution in [0.25, 0.3) is 0 Å². The normalized spacial score (nSPS) is 17.7. The lowest BCUT2D eigenvalue weighted by Crippen LogP contribution is -2.12. The highest BCUT2D eigenvalue weighted by molar-refractivity contribution is 5.29. The number of anilines is 1.